The van der Waals surface area contributed by atoms with Crippen LogP contribution in [0.2, 0.25) is 0 Å². The van der Waals surface area contributed by atoms with E-state index in [0.29, 0.717) is 24.3 Å². The fraction of sp³-hybridized carbons (Fsp3) is 0.417. The molecule has 0 spiro atoms. The number of ether oxygens (including phenoxy) is 1. The van der Waals surface area contributed by atoms with Crippen LogP contribution in [-0.4, -0.2) is 17.7 Å². The molecule has 0 radical (unpaired) electrons. The van der Waals surface area contributed by atoms with E-state index >= 15 is 0 Å². The fourth-order valence-electron chi connectivity index (χ4n) is 2.10. The lowest BCUT2D eigenvalue weighted by Crippen LogP contribution is -2.15. The Hall–Kier alpha value is -1.62. The van der Waals surface area contributed by atoms with E-state index in [1.165, 1.54) is 6.07 Å². The smallest absolute Gasteiger partial charge is 0.303 e. The van der Waals surface area contributed by atoms with E-state index in [-0.39, 0.29) is 18.7 Å². The molecular weight excluding hydrogens is 225 g/mol. The minimum atomic E-state index is -0.926. The zero-order valence-corrected chi connectivity index (χ0v) is 9.28. The summed E-state index contributed by atoms with van der Waals surface area (Å²) < 4.78 is 19.1. The Balaban J connectivity index is 2.25. The van der Waals surface area contributed by atoms with Crippen LogP contribution >= 0.6 is 0 Å². The van der Waals surface area contributed by atoms with Gasteiger partial charge in [-0.15, -0.1) is 0 Å². The molecule has 1 atom stereocenters. The van der Waals surface area contributed by atoms with Gasteiger partial charge in [-0.2, -0.15) is 0 Å². The lowest BCUT2D eigenvalue weighted by molar-refractivity contribution is -0.137. The first-order chi connectivity index (χ1) is 8.09. The van der Waals surface area contributed by atoms with E-state index in [4.69, 9.17) is 15.6 Å². The Kier molecular flexibility index (Phi) is 3.28. The number of hydrogen-bond acceptors (Lipinski definition) is 3. The number of halogens is 1. The summed E-state index contributed by atoms with van der Waals surface area (Å²) in [6.45, 7) is 0.525. The van der Waals surface area contributed by atoms with Crippen molar-refractivity contribution in [2.45, 2.75) is 25.3 Å². The molecule has 17 heavy (non-hydrogen) atoms. The van der Waals surface area contributed by atoms with Crippen LogP contribution in [0.1, 0.15) is 30.0 Å². The van der Waals surface area contributed by atoms with Gasteiger partial charge in [-0.05, 0) is 18.6 Å². The maximum atomic E-state index is 13.7. The van der Waals surface area contributed by atoms with Crippen LogP contribution in [0.3, 0.4) is 0 Å². The molecule has 0 saturated carbocycles. The highest BCUT2D eigenvalue weighted by Crippen LogP contribution is 2.34. The zero-order chi connectivity index (χ0) is 12.4. The predicted octanol–water partition coefficient (Wildman–Crippen LogP) is 1.63. The van der Waals surface area contributed by atoms with Gasteiger partial charge in [0.25, 0.3) is 0 Å². The summed E-state index contributed by atoms with van der Waals surface area (Å²) in [6, 6.07) is 2.31. The molecule has 2 rings (SSSR count). The van der Waals surface area contributed by atoms with Gasteiger partial charge >= 0.3 is 5.97 Å². The molecule has 1 unspecified atom stereocenters. The molecule has 0 aromatic heterocycles. The van der Waals surface area contributed by atoms with Crippen molar-refractivity contribution >= 4 is 5.97 Å². The van der Waals surface area contributed by atoms with Gasteiger partial charge in [0.2, 0.25) is 0 Å². The van der Waals surface area contributed by atoms with E-state index < -0.39 is 12.0 Å². The Morgan fingerprint density at radius 3 is 3.06 bits per heavy atom. The maximum Gasteiger partial charge on any atom is 0.303 e. The summed E-state index contributed by atoms with van der Waals surface area (Å²) >= 11 is 0. The van der Waals surface area contributed by atoms with Crippen LogP contribution in [-0.2, 0) is 11.2 Å². The molecule has 0 saturated heterocycles. The highest BCUT2D eigenvalue weighted by molar-refractivity contribution is 5.66. The Bertz CT molecular complexity index is 448. The van der Waals surface area contributed by atoms with Crippen molar-refractivity contribution in [1.82, 2.24) is 0 Å². The third kappa shape index (κ3) is 2.39. The van der Waals surface area contributed by atoms with Crippen LogP contribution in [0.25, 0.3) is 0 Å². The topological polar surface area (TPSA) is 72.6 Å². The summed E-state index contributed by atoms with van der Waals surface area (Å²) in [4.78, 5) is 10.5. The van der Waals surface area contributed by atoms with E-state index in [0.717, 1.165) is 5.56 Å². The average molecular weight is 239 g/mol. The van der Waals surface area contributed by atoms with Crippen molar-refractivity contribution in [2.75, 3.05) is 6.61 Å². The van der Waals surface area contributed by atoms with Crippen molar-refractivity contribution in [3.8, 4) is 5.75 Å². The second-order valence-corrected chi connectivity index (χ2v) is 4.08. The Morgan fingerprint density at radius 1 is 1.59 bits per heavy atom. The first kappa shape index (κ1) is 11.9. The molecule has 1 heterocycles. The number of benzene rings is 1. The molecule has 4 nitrogen and oxygen atoms in total. The van der Waals surface area contributed by atoms with Crippen LogP contribution in [0.4, 0.5) is 4.39 Å². The third-order valence-corrected chi connectivity index (χ3v) is 2.91. The van der Waals surface area contributed by atoms with Gasteiger partial charge in [-0.25, -0.2) is 4.39 Å². The van der Waals surface area contributed by atoms with Crippen molar-refractivity contribution in [1.29, 1.82) is 0 Å². The standard InChI is InChI=1S/C12H14FNO3/c13-8-1-3-10-7(5-6-17-10)12(8)9(14)2-4-11(15)16/h1,3,9H,2,4-6,14H2,(H,15,16). The highest BCUT2D eigenvalue weighted by atomic mass is 19.1. The quantitative estimate of drug-likeness (QED) is 0.837. The summed E-state index contributed by atoms with van der Waals surface area (Å²) in [5.41, 5.74) is 7.04. The first-order valence-electron chi connectivity index (χ1n) is 5.51. The number of carboxylic acid groups (broad SMARTS) is 1. The molecule has 1 aliphatic heterocycles. The van der Waals surface area contributed by atoms with Gasteiger partial charge in [0.1, 0.15) is 11.6 Å². The first-order valence-corrected chi connectivity index (χ1v) is 5.51. The van der Waals surface area contributed by atoms with Crippen molar-refractivity contribution in [3.05, 3.63) is 29.1 Å². The van der Waals surface area contributed by atoms with Crippen LogP contribution in [0.15, 0.2) is 12.1 Å². The number of carbonyl (C=O) groups is 1. The fourth-order valence-corrected chi connectivity index (χ4v) is 2.10. The number of rotatable bonds is 4. The van der Waals surface area contributed by atoms with Crippen molar-refractivity contribution in [3.63, 3.8) is 0 Å². The number of nitrogens with two attached hydrogens (primary N) is 1. The molecule has 1 aliphatic rings. The minimum Gasteiger partial charge on any atom is -0.493 e. The maximum absolute atomic E-state index is 13.7. The number of fused-ring (bicyclic) bond motifs is 1. The second kappa shape index (κ2) is 4.71. The van der Waals surface area contributed by atoms with E-state index in [9.17, 15) is 9.18 Å². The Morgan fingerprint density at radius 2 is 2.35 bits per heavy atom. The third-order valence-electron chi connectivity index (χ3n) is 2.91. The normalized spacial score (nSPS) is 15.2. The van der Waals surface area contributed by atoms with Crippen LogP contribution < -0.4 is 10.5 Å². The highest BCUT2D eigenvalue weighted by Gasteiger charge is 2.23. The van der Waals surface area contributed by atoms with Crippen LogP contribution in [0.5, 0.6) is 5.75 Å². The molecule has 0 amide bonds. The van der Waals surface area contributed by atoms with Gasteiger partial charge < -0.3 is 15.6 Å². The number of carboxylic acids is 1. The molecule has 92 valence electrons. The lowest BCUT2D eigenvalue weighted by atomic mass is 9.95. The SMILES string of the molecule is NC(CCC(=O)O)c1c(F)ccc2c1CCO2. The summed E-state index contributed by atoms with van der Waals surface area (Å²) in [5.74, 6) is -0.649. The van der Waals surface area contributed by atoms with E-state index in [2.05, 4.69) is 0 Å². The van der Waals surface area contributed by atoms with E-state index in [1.54, 1.807) is 6.07 Å². The molecule has 0 aliphatic carbocycles. The predicted molar refractivity (Wildman–Crippen MR) is 59.4 cm³/mol. The van der Waals surface area contributed by atoms with Gasteiger partial charge in [0.15, 0.2) is 0 Å². The van der Waals surface area contributed by atoms with Crippen molar-refractivity contribution in [2.24, 2.45) is 5.73 Å². The average Bonchev–Trinajstić information content (AvgIpc) is 2.73. The van der Waals surface area contributed by atoms with Gasteiger partial charge in [-0.1, -0.05) is 0 Å². The molecule has 1 aromatic rings. The van der Waals surface area contributed by atoms with Gasteiger partial charge in [0, 0.05) is 30.0 Å². The monoisotopic (exact) mass is 239 g/mol. The zero-order valence-electron chi connectivity index (χ0n) is 9.28. The molecule has 1 aromatic carbocycles. The Labute approximate surface area is 98.2 Å². The number of hydrogen-bond donors (Lipinski definition) is 2. The number of aliphatic carboxylic acids is 1. The second-order valence-electron chi connectivity index (χ2n) is 4.08. The van der Waals surface area contributed by atoms with Crippen LogP contribution in [0, 0.1) is 5.82 Å². The molecule has 0 bridgehead atoms. The summed E-state index contributed by atoms with van der Waals surface area (Å²) in [7, 11) is 0. The summed E-state index contributed by atoms with van der Waals surface area (Å²) in [5, 5.41) is 8.60. The molecular formula is C12H14FNO3. The van der Waals surface area contributed by atoms with Crippen molar-refractivity contribution < 1.29 is 19.0 Å². The minimum absolute atomic E-state index is 0.0644. The van der Waals surface area contributed by atoms with Gasteiger partial charge in [0.05, 0.1) is 6.61 Å². The lowest BCUT2D eigenvalue weighted by Gasteiger charge is -2.15. The van der Waals surface area contributed by atoms with E-state index in [1.807, 2.05) is 0 Å². The molecule has 0 fully saturated rings. The largest absolute Gasteiger partial charge is 0.493 e. The van der Waals surface area contributed by atoms with Gasteiger partial charge in [-0.3, -0.25) is 4.79 Å². The molecule has 3 N–H and O–H groups in total. The molecule has 5 heteroatoms. The summed E-state index contributed by atoms with van der Waals surface area (Å²) in [6.07, 6.45) is 0.789.